The summed E-state index contributed by atoms with van der Waals surface area (Å²) in [5.74, 6) is -0.194. The molecule has 5 heteroatoms. The number of aliphatic hydroxyl groups is 1. The van der Waals surface area contributed by atoms with Crippen molar-refractivity contribution in [2.45, 2.75) is 26.4 Å². The van der Waals surface area contributed by atoms with Crippen LogP contribution < -0.4 is 10.9 Å². The largest absolute Gasteiger partial charge is 0.422 e. The Kier molecular flexibility index (Phi) is 4.75. The molecule has 21 heavy (non-hydrogen) atoms. The van der Waals surface area contributed by atoms with Crippen molar-refractivity contribution in [1.82, 2.24) is 5.32 Å². The van der Waals surface area contributed by atoms with E-state index in [2.05, 4.69) is 5.32 Å². The van der Waals surface area contributed by atoms with Crippen LogP contribution in [0.2, 0.25) is 0 Å². The van der Waals surface area contributed by atoms with Gasteiger partial charge in [-0.15, -0.1) is 0 Å². The summed E-state index contributed by atoms with van der Waals surface area (Å²) in [5.41, 5.74) is -0.283. The van der Waals surface area contributed by atoms with E-state index in [0.29, 0.717) is 23.3 Å². The van der Waals surface area contributed by atoms with E-state index in [1.165, 1.54) is 6.07 Å². The molecular weight excluding hydrogens is 270 g/mol. The van der Waals surface area contributed by atoms with Crippen LogP contribution in [0.4, 0.5) is 0 Å². The molecule has 1 amide bonds. The fourth-order valence-corrected chi connectivity index (χ4v) is 2.15. The van der Waals surface area contributed by atoms with Crippen molar-refractivity contribution < 1.29 is 14.3 Å². The third-order valence-corrected chi connectivity index (χ3v) is 3.13. The lowest BCUT2D eigenvalue weighted by Crippen LogP contribution is -2.35. The van der Waals surface area contributed by atoms with Crippen molar-refractivity contribution >= 4 is 16.9 Å². The molecule has 1 aromatic carbocycles. The van der Waals surface area contributed by atoms with Gasteiger partial charge in [0, 0.05) is 11.9 Å². The van der Waals surface area contributed by atoms with Crippen LogP contribution in [0.15, 0.2) is 39.5 Å². The minimum atomic E-state index is -0.676. The van der Waals surface area contributed by atoms with Crippen LogP contribution in [0.1, 0.15) is 30.6 Å². The number of amides is 1. The molecule has 1 unspecified atom stereocenters. The molecule has 0 radical (unpaired) electrons. The number of para-hydroxylation sites is 1. The second-order valence-corrected chi connectivity index (χ2v) is 5.48. The summed E-state index contributed by atoms with van der Waals surface area (Å²) < 4.78 is 5.11. The average molecular weight is 289 g/mol. The van der Waals surface area contributed by atoms with Gasteiger partial charge in [-0.25, -0.2) is 4.79 Å². The number of benzene rings is 1. The van der Waals surface area contributed by atoms with Crippen LogP contribution >= 0.6 is 0 Å². The molecule has 2 N–H and O–H groups in total. The first kappa shape index (κ1) is 15.3. The van der Waals surface area contributed by atoms with Crippen molar-refractivity contribution in [3.63, 3.8) is 0 Å². The molecule has 0 aliphatic rings. The monoisotopic (exact) mass is 289 g/mol. The second-order valence-electron chi connectivity index (χ2n) is 5.48. The summed E-state index contributed by atoms with van der Waals surface area (Å²) >= 11 is 0. The molecule has 1 atom stereocenters. The van der Waals surface area contributed by atoms with Gasteiger partial charge in [0.2, 0.25) is 0 Å². The third-order valence-electron chi connectivity index (χ3n) is 3.13. The quantitative estimate of drug-likeness (QED) is 0.824. The van der Waals surface area contributed by atoms with Crippen molar-refractivity contribution in [3.05, 3.63) is 46.3 Å². The van der Waals surface area contributed by atoms with Crippen LogP contribution in [0, 0.1) is 5.92 Å². The minimum absolute atomic E-state index is 0.0505. The SMILES string of the molecule is CC(C)CC(O)CNC(=O)c1cc2ccccc2oc1=O. The highest BCUT2D eigenvalue weighted by Gasteiger charge is 2.15. The number of carbonyl (C=O) groups is 1. The molecule has 0 saturated carbocycles. The molecule has 5 nitrogen and oxygen atoms in total. The van der Waals surface area contributed by atoms with Gasteiger partial charge in [0.05, 0.1) is 6.10 Å². The highest BCUT2D eigenvalue weighted by atomic mass is 16.4. The first-order chi connectivity index (χ1) is 9.97. The van der Waals surface area contributed by atoms with E-state index in [1.54, 1.807) is 24.3 Å². The molecule has 1 aromatic heterocycles. The van der Waals surface area contributed by atoms with Gasteiger partial charge in [-0.05, 0) is 24.5 Å². The zero-order valence-electron chi connectivity index (χ0n) is 12.1. The summed E-state index contributed by atoms with van der Waals surface area (Å²) in [4.78, 5) is 23.8. The predicted molar refractivity (Wildman–Crippen MR) is 80.3 cm³/mol. The van der Waals surface area contributed by atoms with Crippen molar-refractivity contribution in [2.75, 3.05) is 6.54 Å². The van der Waals surface area contributed by atoms with E-state index in [0.717, 1.165) is 0 Å². The predicted octanol–water partition coefficient (Wildman–Crippen LogP) is 1.93. The van der Waals surface area contributed by atoms with Gasteiger partial charge < -0.3 is 14.8 Å². The number of fused-ring (bicyclic) bond motifs is 1. The van der Waals surface area contributed by atoms with E-state index in [-0.39, 0.29) is 12.1 Å². The first-order valence-electron chi connectivity index (χ1n) is 6.96. The Morgan fingerprint density at radius 3 is 2.76 bits per heavy atom. The number of nitrogens with one attached hydrogen (secondary N) is 1. The maximum atomic E-state index is 12.0. The zero-order valence-corrected chi connectivity index (χ0v) is 12.1. The molecule has 0 aliphatic heterocycles. The van der Waals surface area contributed by atoms with Crippen molar-refractivity contribution in [2.24, 2.45) is 5.92 Å². The zero-order chi connectivity index (χ0) is 15.4. The topological polar surface area (TPSA) is 79.5 Å². The Labute approximate surface area is 122 Å². The van der Waals surface area contributed by atoms with E-state index in [1.807, 2.05) is 13.8 Å². The molecule has 112 valence electrons. The van der Waals surface area contributed by atoms with Crippen LogP contribution in [0.5, 0.6) is 0 Å². The van der Waals surface area contributed by atoms with Crippen LogP contribution in [-0.4, -0.2) is 23.7 Å². The summed E-state index contributed by atoms with van der Waals surface area (Å²) in [7, 11) is 0. The van der Waals surface area contributed by atoms with Gasteiger partial charge in [-0.2, -0.15) is 0 Å². The fraction of sp³-hybridized carbons (Fsp3) is 0.375. The number of aliphatic hydroxyl groups excluding tert-OH is 1. The number of hydrogen-bond donors (Lipinski definition) is 2. The average Bonchev–Trinajstić information content (AvgIpc) is 2.43. The van der Waals surface area contributed by atoms with E-state index in [4.69, 9.17) is 4.42 Å². The highest BCUT2D eigenvalue weighted by molar-refractivity contribution is 5.96. The lowest BCUT2D eigenvalue weighted by molar-refractivity contribution is 0.0897. The smallest absolute Gasteiger partial charge is 0.349 e. The van der Waals surface area contributed by atoms with Gasteiger partial charge in [0.15, 0.2) is 0 Å². The second kappa shape index (κ2) is 6.54. The van der Waals surface area contributed by atoms with E-state index >= 15 is 0 Å². The molecule has 0 fully saturated rings. The summed E-state index contributed by atoms with van der Waals surface area (Å²) in [5, 5.41) is 13.0. The van der Waals surface area contributed by atoms with E-state index in [9.17, 15) is 14.7 Å². The Morgan fingerprint density at radius 2 is 2.05 bits per heavy atom. The van der Waals surface area contributed by atoms with Gasteiger partial charge in [0.25, 0.3) is 5.91 Å². The number of carbonyl (C=O) groups excluding carboxylic acids is 1. The highest BCUT2D eigenvalue weighted by Crippen LogP contribution is 2.12. The Morgan fingerprint density at radius 1 is 1.33 bits per heavy atom. The molecule has 0 saturated heterocycles. The number of rotatable bonds is 5. The fourth-order valence-electron chi connectivity index (χ4n) is 2.15. The van der Waals surface area contributed by atoms with Gasteiger partial charge in [0.1, 0.15) is 11.1 Å². The normalized spacial score (nSPS) is 12.6. The lowest BCUT2D eigenvalue weighted by atomic mass is 10.1. The Bertz CT molecular complexity index is 690. The maximum Gasteiger partial charge on any atom is 0.349 e. The molecule has 0 spiro atoms. The molecule has 1 heterocycles. The van der Waals surface area contributed by atoms with Gasteiger partial charge >= 0.3 is 5.63 Å². The van der Waals surface area contributed by atoms with Crippen molar-refractivity contribution in [1.29, 1.82) is 0 Å². The van der Waals surface area contributed by atoms with Crippen molar-refractivity contribution in [3.8, 4) is 0 Å². The summed E-state index contributed by atoms with van der Waals surface area (Å²) in [6.07, 6.45) is -0.0338. The molecule has 2 rings (SSSR count). The molecule has 0 bridgehead atoms. The standard InChI is InChI=1S/C16H19NO4/c1-10(2)7-12(18)9-17-15(19)13-8-11-5-3-4-6-14(11)21-16(13)20/h3-6,8,10,12,18H,7,9H2,1-2H3,(H,17,19). The van der Waals surface area contributed by atoms with Gasteiger partial charge in [-0.3, -0.25) is 4.79 Å². The summed E-state index contributed by atoms with van der Waals surface area (Å²) in [6, 6.07) is 8.50. The maximum absolute atomic E-state index is 12.0. The molecule has 2 aromatic rings. The first-order valence-corrected chi connectivity index (χ1v) is 6.96. The van der Waals surface area contributed by atoms with E-state index < -0.39 is 17.6 Å². The minimum Gasteiger partial charge on any atom is -0.422 e. The molecular formula is C16H19NO4. The Balaban J connectivity index is 2.12. The lowest BCUT2D eigenvalue weighted by Gasteiger charge is -2.13. The van der Waals surface area contributed by atoms with Crippen LogP contribution in [0.3, 0.4) is 0 Å². The molecule has 0 aliphatic carbocycles. The summed E-state index contributed by atoms with van der Waals surface area (Å²) in [6.45, 7) is 4.09. The van der Waals surface area contributed by atoms with Crippen LogP contribution in [0.25, 0.3) is 11.0 Å². The third kappa shape index (κ3) is 3.92. The van der Waals surface area contributed by atoms with Gasteiger partial charge in [-0.1, -0.05) is 32.0 Å². The van der Waals surface area contributed by atoms with Crippen LogP contribution in [-0.2, 0) is 0 Å². The Hall–Kier alpha value is -2.14. The number of hydrogen-bond acceptors (Lipinski definition) is 4.